The second-order valence-electron chi connectivity index (χ2n) is 9.12. The van der Waals surface area contributed by atoms with Crippen molar-refractivity contribution in [2.45, 2.75) is 86.9 Å². The van der Waals surface area contributed by atoms with Gasteiger partial charge in [0.05, 0.1) is 38.4 Å². The van der Waals surface area contributed by atoms with Gasteiger partial charge in [-0.15, -0.1) is 0 Å². The van der Waals surface area contributed by atoms with Crippen molar-refractivity contribution in [3.05, 3.63) is 35.9 Å². The molecule has 0 unspecified atom stereocenters. The predicted molar refractivity (Wildman–Crippen MR) is 105 cm³/mol. The molecule has 6 heterocycles. The van der Waals surface area contributed by atoms with E-state index in [1.807, 2.05) is 30.3 Å². The lowest BCUT2D eigenvalue weighted by Crippen LogP contribution is -2.62. The second kappa shape index (κ2) is 7.79. The first-order valence-electron chi connectivity index (χ1n) is 11.1. The summed E-state index contributed by atoms with van der Waals surface area (Å²) in [5.41, 5.74) is 1.10. The van der Waals surface area contributed by atoms with E-state index in [2.05, 4.69) is 0 Å². The molecular formula is C23H28O8. The molecule has 7 rings (SSSR count). The Labute approximate surface area is 181 Å². The molecule has 0 N–H and O–H groups in total. The van der Waals surface area contributed by atoms with Crippen LogP contribution in [0.3, 0.4) is 0 Å². The minimum absolute atomic E-state index is 0.0636. The van der Waals surface area contributed by atoms with Crippen LogP contribution in [0, 0.1) is 0 Å². The van der Waals surface area contributed by atoms with E-state index in [1.54, 1.807) is 0 Å². The summed E-state index contributed by atoms with van der Waals surface area (Å²) in [5, 5.41) is 0. The smallest absolute Gasteiger partial charge is 0.308 e. The molecule has 0 saturated carbocycles. The number of methoxy groups -OCH3 is 1. The van der Waals surface area contributed by atoms with Crippen LogP contribution in [0.2, 0.25) is 0 Å². The number of rotatable bonds is 6. The van der Waals surface area contributed by atoms with Gasteiger partial charge in [-0.1, -0.05) is 30.3 Å². The lowest BCUT2D eigenvalue weighted by atomic mass is 9.87. The van der Waals surface area contributed by atoms with E-state index >= 15 is 0 Å². The number of ether oxygens (including phenoxy) is 7. The molecule has 0 aromatic heterocycles. The Bertz CT molecular complexity index is 817. The molecule has 8 nitrogen and oxygen atoms in total. The quantitative estimate of drug-likeness (QED) is 0.629. The standard InChI is InChI=1S/C23H28O8/c1-25-17(24)9-14-7-8-15-18(27-14)22-21-20(28-15)19-16(29-21)10-23(30-19,31-22)12-26-11-13-5-3-2-4-6-13/h2-6,14-16,18-22H,7-12H2,1H3/t14-,15+,16+,18+,19+,20+,21-,22+,23-/m1/s1. The minimum atomic E-state index is -0.866. The Morgan fingerprint density at radius 2 is 1.74 bits per heavy atom. The van der Waals surface area contributed by atoms with E-state index < -0.39 is 5.79 Å². The van der Waals surface area contributed by atoms with Crippen molar-refractivity contribution >= 4 is 5.97 Å². The highest BCUT2D eigenvalue weighted by Gasteiger charge is 2.68. The number of carbonyl (C=O) groups excluding carboxylic acids is 1. The number of benzene rings is 1. The average Bonchev–Trinajstić information content (AvgIpc) is 3.19. The summed E-state index contributed by atoms with van der Waals surface area (Å²) in [6.07, 6.45) is 0.881. The van der Waals surface area contributed by atoms with E-state index in [9.17, 15) is 4.79 Å². The van der Waals surface area contributed by atoms with Crippen molar-refractivity contribution in [2.75, 3.05) is 13.7 Å². The van der Waals surface area contributed by atoms with E-state index in [0.29, 0.717) is 19.6 Å². The Morgan fingerprint density at radius 3 is 2.58 bits per heavy atom. The fourth-order valence-corrected chi connectivity index (χ4v) is 5.70. The maximum atomic E-state index is 11.8. The van der Waals surface area contributed by atoms with E-state index in [4.69, 9.17) is 33.2 Å². The van der Waals surface area contributed by atoms with Gasteiger partial charge < -0.3 is 33.2 Å². The van der Waals surface area contributed by atoms with Gasteiger partial charge in [0.1, 0.15) is 37.1 Å². The van der Waals surface area contributed by atoms with Crippen LogP contribution in [0.5, 0.6) is 0 Å². The second-order valence-corrected chi connectivity index (χ2v) is 9.12. The normalized spacial score (nSPS) is 44.7. The van der Waals surface area contributed by atoms with Crippen molar-refractivity contribution in [3.63, 3.8) is 0 Å². The molecule has 0 amide bonds. The highest BCUT2D eigenvalue weighted by atomic mass is 16.8. The van der Waals surface area contributed by atoms with Gasteiger partial charge in [-0.05, 0) is 18.4 Å². The highest BCUT2D eigenvalue weighted by molar-refractivity contribution is 5.69. The molecule has 9 atom stereocenters. The SMILES string of the molecule is COC(=O)C[C@H]1CC[C@@H]2O[C@@H]3[C@H]4O[C@H]5C[C@](COCc6ccccc6)(O[C@H]4[C@H]2O1)O[C@H]35. The minimum Gasteiger partial charge on any atom is -0.469 e. The van der Waals surface area contributed by atoms with Gasteiger partial charge in [0, 0.05) is 6.42 Å². The maximum Gasteiger partial charge on any atom is 0.308 e. The molecule has 168 valence electrons. The van der Waals surface area contributed by atoms with Gasteiger partial charge in [0.15, 0.2) is 5.79 Å². The van der Waals surface area contributed by atoms with Crippen LogP contribution < -0.4 is 0 Å². The third-order valence-electron chi connectivity index (χ3n) is 7.08. The molecular weight excluding hydrogens is 404 g/mol. The maximum absolute atomic E-state index is 11.8. The number of fused-ring (bicyclic) bond motifs is 1. The molecule has 0 spiro atoms. The summed E-state index contributed by atoms with van der Waals surface area (Å²) < 4.78 is 42.9. The van der Waals surface area contributed by atoms with Crippen molar-refractivity contribution < 1.29 is 38.0 Å². The van der Waals surface area contributed by atoms with Crippen LogP contribution in [0.15, 0.2) is 30.3 Å². The van der Waals surface area contributed by atoms with Crippen molar-refractivity contribution in [2.24, 2.45) is 0 Å². The molecule has 6 aliphatic heterocycles. The zero-order chi connectivity index (χ0) is 21.0. The molecule has 1 aromatic carbocycles. The summed E-state index contributed by atoms with van der Waals surface area (Å²) in [6.45, 7) is 0.806. The Kier molecular flexibility index (Phi) is 5.05. The lowest BCUT2D eigenvalue weighted by molar-refractivity contribution is -0.301. The molecule has 31 heavy (non-hydrogen) atoms. The Morgan fingerprint density at radius 1 is 0.968 bits per heavy atom. The third-order valence-corrected chi connectivity index (χ3v) is 7.08. The molecule has 6 aliphatic rings. The Hall–Kier alpha value is -1.55. The van der Waals surface area contributed by atoms with Crippen molar-refractivity contribution in [1.82, 2.24) is 0 Å². The average molecular weight is 432 g/mol. The third kappa shape index (κ3) is 3.50. The largest absolute Gasteiger partial charge is 0.469 e. The zero-order valence-electron chi connectivity index (χ0n) is 17.5. The van der Waals surface area contributed by atoms with Crippen LogP contribution in [0.4, 0.5) is 0 Å². The monoisotopic (exact) mass is 432 g/mol. The first-order valence-corrected chi connectivity index (χ1v) is 11.1. The van der Waals surface area contributed by atoms with E-state index in [1.165, 1.54) is 7.11 Å². The number of hydrogen-bond acceptors (Lipinski definition) is 8. The zero-order valence-corrected chi connectivity index (χ0v) is 17.5. The van der Waals surface area contributed by atoms with Crippen molar-refractivity contribution in [3.8, 4) is 0 Å². The van der Waals surface area contributed by atoms with Gasteiger partial charge in [-0.2, -0.15) is 0 Å². The summed E-state index contributed by atoms with van der Waals surface area (Å²) in [4.78, 5) is 11.8. The first kappa shape index (κ1) is 20.1. The summed E-state index contributed by atoms with van der Waals surface area (Å²) in [7, 11) is 1.40. The van der Waals surface area contributed by atoms with E-state index in [0.717, 1.165) is 18.4 Å². The Balaban J connectivity index is 1.19. The lowest BCUT2D eigenvalue weighted by Gasteiger charge is -2.47. The van der Waals surface area contributed by atoms with Crippen LogP contribution in [-0.2, 0) is 44.6 Å². The summed E-state index contributed by atoms with van der Waals surface area (Å²) in [6, 6.07) is 10.0. The number of esters is 1. The summed E-state index contributed by atoms with van der Waals surface area (Å²) >= 11 is 0. The topological polar surface area (TPSA) is 81.7 Å². The van der Waals surface area contributed by atoms with Gasteiger partial charge in [0.2, 0.25) is 0 Å². The summed E-state index contributed by atoms with van der Waals surface area (Å²) in [5.74, 6) is -1.14. The predicted octanol–water partition coefficient (Wildman–Crippen LogP) is 1.73. The molecule has 0 radical (unpaired) electrons. The van der Waals surface area contributed by atoms with Crippen LogP contribution in [0.25, 0.3) is 0 Å². The van der Waals surface area contributed by atoms with Gasteiger partial charge in [-0.25, -0.2) is 0 Å². The molecule has 0 aliphatic carbocycles. The molecule has 6 fully saturated rings. The van der Waals surface area contributed by atoms with Crippen molar-refractivity contribution in [1.29, 1.82) is 0 Å². The fourth-order valence-electron chi connectivity index (χ4n) is 5.70. The first-order chi connectivity index (χ1) is 15.1. The van der Waals surface area contributed by atoms with Gasteiger partial charge >= 0.3 is 5.97 Å². The molecule has 6 bridgehead atoms. The molecule has 8 heteroatoms. The van der Waals surface area contributed by atoms with Crippen LogP contribution in [0.1, 0.15) is 31.2 Å². The fraction of sp³-hybridized carbons (Fsp3) is 0.696. The van der Waals surface area contributed by atoms with E-state index in [-0.39, 0.29) is 61.2 Å². The van der Waals surface area contributed by atoms with Crippen LogP contribution >= 0.6 is 0 Å². The molecule has 1 aromatic rings. The number of hydrogen-bond donors (Lipinski definition) is 0. The van der Waals surface area contributed by atoms with Gasteiger partial charge in [0.25, 0.3) is 0 Å². The number of carbonyl (C=O) groups is 1. The van der Waals surface area contributed by atoms with Crippen LogP contribution in [-0.4, -0.2) is 74.3 Å². The highest BCUT2D eigenvalue weighted by Crippen LogP contribution is 2.52. The van der Waals surface area contributed by atoms with Gasteiger partial charge in [-0.3, -0.25) is 4.79 Å². The molecule has 6 saturated heterocycles.